The van der Waals surface area contributed by atoms with Crippen molar-refractivity contribution < 1.29 is 14.3 Å². The van der Waals surface area contributed by atoms with Crippen molar-refractivity contribution in [3.63, 3.8) is 0 Å². The molecule has 1 aromatic rings. The second kappa shape index (κ2) is 6.38. The van der Waals surface area contributed by atoms with Crippen molar-refractivity contribution in [2.45, 2.75) is 13.3 Å². The minimum absolute atomic E-state index is 0.250. The maximum atomic E-state index is 11.3. The smallest absolute Gasteiger partial charge is 0.412 e. The van der Waals surface area contributed by atoms with Crippen LogP contribution in [0.3, 0.4) is 0 Å². The number of aryl methyl sites for hydroxylation is 1. The Morgan fingerprint density at radius 2 is 2.24 bits per heavy atom. The third-order valence-corrected chi connectivity index (χ3v) is 2.03. The van der Waals surface area contributed by atoms with E-state index in [9.17, 15) is 4.79 Å². The Balaban J connectivity index is 2.62. The van der Waals surface area contributed by atoms with Crippen LogP contribution in [-0.4, -0.2) is 19.7 Å². The minimum Gasteiger partial charge on any atom is -0.493 e. The lowest BCUT2D eigenvalue weighted by Crippen LogP contribution is -2.27. The van der Waals surface area contributed by atoms with Gasteiger partial charge in [-0.3, -0.25) is 0 Å². The normalized spacial score (nSPS) is 9.24. The molecule has 0 saturated carbocycles. The SMILES string of the molecule is COc1cc(C)ccc1OC(=O)NCCC#N. The van der Waals surface area contributed by atoms with Crippen molar-refractivity contribution in [3.8, 4) is 17.6 Å². The van der Waals surface area contributed by atoms with Gasteiger partial charge in [0.1, 0.15) is 0 Å². The van der Waals surface area contributed by atoms with E-state index >= 15 is 0 Å². The van der Waals surface area contributed by atoms with Crippen LogP contribution < -0.4 is 14.8 Å². The molecule has 0 radical (unpaired) electrons. The second-order valence-corrected chi connectivity index (χ2v) is 3.38. The molecule has 0 spiro atoms. The molecule has 1 aromatic carbocycles. The molecule has 0 heterocycles. The summed E-state index contributed by atoms with van der Waals surface area (Å²) in [6.45, 7) is 2.18. The number of hydrogen-bond acceptors (Lipinski definition) is 4. The highest BCUT2D eigenvalue weighted by atomic mass is 16.6. The summed E-state index contributed by atoms with van der Waals surface area (Å²) < 4.78 is 10.1. The number of carbonyl (C=O) groups is 1. The third-order valence-electron chi connectivity index (χ3n) is 2.03. The molecular weight excluding hydrogens is 220 g/mol. The Labute approximate surface area is 100.0 Å². The van der Waals surface area contributed by atoms with E-state index in [0.717, 1.165) is 5.56 Å². The third kappa shape index (κ3) is 4.03. The summed E-state index contributed by atoms with van der Waals surface area (Å²) in [6, 6.07) is 7.18. The summed E-state index contributed by atoms with van der Waals surface area (Å²) in [5.41, 5.74) is 1.01. The number of carbonyl (C=O) groups excluding carboxylic acids is 1. The van der Waals surface area contributed by atoms with Crippen LogP contribution in [0.1, 0.15) is 12.0 Å². The fourth-order valence-corrected chi connectivity index (χ4v) is 1.22. The zero-order chi connectivity index (χ0) is 12.7. The maximum Gasteiger partial charge on any atom is 0.412 e. The van der Waals surface area contributed by atoms with Crippen LogP contribution in [0.25, 0.3) is 0 Å². The van der Waals surface area contributed by atoms with E-state index in [1.165, 1.54) is 7.11 Å². The molecular formula is C12H14N2O3. The zero-order valence-corrected chi connectivity index (χ0v) is 9.82. The quantitative estimate of drug-likeness (QED) is 0.809. The number of rotatable bonds is 4. The van der Waals surface area contributed by atoms with Gasteiger partial charge in [0.25, 0.3) is 0 Å². The number of hydrogen-bond donors (Lipinski definition) is 1. The molecule has 0 unspecified atom stereocenters. The maximum absolute atomic E-state index is 11.3. The van der Waals surface area contributed by atoms with E-state index in [4.69, 9.17) is 14.7 Å². The summed E-state index contributed by atoms with van der Waals surface area (Å²) in [6.07, 6.45) is -0.345. The van der Waals surface area contributed by atoms with Crippen LogP contribution >= 0.6 is 0 Å². The second-order valence-electron chi connectivity index (χ2n) is 3.38. The van der Waals surface area contributed by atoms with Gasteiger partial charge in [-0.05, 0) is 24.6 Å². The Bertz CT molecular complexity index is 438. The monoisotopic (exact) mass is 234 g/mol. The number of nitrogens with zero attached hydrogens (tertiary/aromatic N) is 1. The van der Waals surface area contributed by atoms with Crippen molar-refractivity contribution in [1.29, 1.82) is 5.26 Å². The molecule has 0 saturated heterocycles. The summed E-state index contributed by atoms with van der Waals surface area (Å²) in [4.78, 5) is 11.3. The molecule has 5 heteroatoms. The highest BCUT2D eigenvalue weighted by Gasteiger charge is 2.09. The lowest BCUT2D eigenvalue weighted by molar-refractivity contribution is 0.198. The van der Waals surface area contributed by atoms with Crippen molar-refractivity contribution in [2.75, 3.05) is 13.7 Å². The lowest BCUT2D eigenvalue weighted by Gasteiger charge is -2.10. The van der Waals surface area contributed by atoms with Crippen LogP contribution in [0.5, 0.6) is 11.5 Å². The Kier molecular flexibility index (Phi) is 4.82. The highest BCUT2D eigenvalue weighted by molar-refractivity contribution is 5.71. The molecule has 0 aliphatic rings. The van der Waals surface area contributed by atoms with Crippen LogP contribution in [0.2, 0.25) is 0 Å². The average Bonchev–Trinajstić information content (AvgIpc) is 2.32. The summed E-state index contributed by atoms with van der Waals surface area (Å²) in [5.74, 6) is 0.855. The van der Waals surface area contributed by atoms with Crippen LogP contribution in [0.4, 0.5) is 4.79 Å². The molecule has 1 N–H and O–H groups in total. The van der Waals surface area contributed by atoms with E-state index in [0.29, 0.717) is 11.5 Å². The molecule has 1 rings (SSSR count). The molecule has 0 aromatic heterocycles. The molecule has 17 heavy (non-hydrogen) atoms. The summed E-state index contributed by atoms with van der Waals surface area (Å²) >= 11 is 0. The summed E-state index contributed by atoms with van der Waals surface area (Å²) in [7, 11) is 1.51. The van der Waals surface area contributed by atoms with Crippen molar-refractivity contribution in [3.05, 3.63) is 23.8 Å². The molecule has 5 nitrogen and oxygen atoms in total. The first-order chi connectivity index (χ1) is 8.17. The van der Waals surface area contributed by atoms with E-state index in [1.54, 1.807) is 12.1 Å². The van der Waals surface area contributed by atoms with Crippen LogP contribution in [-0.2, 0) is 0 Å². The van der Waals surface area contributed by atoms with E-state index < -0.39 is 6.09 Å². The molecule has 0 aliphatic carbocycles. The van der Waals surface area contributed by atoms with Gasteiger partial charge < -0.3 is 14.8 Å². The van der Waals surface area contributed by atoms with Crippen LogP contribution in [0.15, 0.2) is 18.2 Å². The number of benzene rings is 1. The fraction of sp³-hybridized carbons (Fsp3) is 0.333. The van der Waals surface area contributed by atoms with Gasteiger partial charge in [-0.1, -0.05) is 6.07 Å². The number of ether oxygens (including phenoxy) is 2. The highest BCUT2D eigenvalue weighted by Crippen LogP contribution is 2.27. The number of nitriles is 1. The molecule has 90 valence electrons. The number of methoxy groups -OCH3 is 1. The van der Waals surface area contributed by atoms with E-state index in [1.807, 2.05) is 19.1 Å². The van der Waals surface area contributed by atoms with E-state index in [2.05, 4.69) is 5.32 Å². The molecule has 1 amide bonds. The number of amides is 1. The van der Waals surface area contributed by atoms with Crippen molar-refractivity contribution in [1.82, 2.24) is 5.32 Å². The summed E-state index contributed by atoms with van der Waals surface area (Å²) in [5, 5.41) is 10.8. The van der Waals surface area contributed by atoms with Gasteiger partial charge in [-0.25, -0.2) is 4.79 Å². The Morgan fingerprint density at radius 3 is 2.88 bits per heavy atom. The largest absolute Gasteiger partial charge is 0.493 e. The van der Waals surface area contributed by atoms with Gasteiger partial charge in [0.05, 0.1) is 19.6 Å². The van der Waals surface area contributed by atoms with E-state index in [-0.39, 0.29) is 13.0 Å². The van der Waals surface area contributed by atoms with Gasteiger partial charge in [0.15, 0.2) is 11.5 Å². The van der Waals surface area contributed by atoms with Gasteiger partial charge in [0, 0.05) is 6.54 Å². The van der Waals surface area contributed by atoms with Crippen molar-refractivity contribution >= 4 is 6.09 Å². The first-order valence-corrected chi connectivity index (χ1v) is 5.14. The average molecular weight is 234 g/mol. The molecule has 0 aliphatic heterocycles. The fourth-order valence-electron chi connectivity index (χ4n) is 1.22. The van der Waals surface area contributed by atoms with Gasteiger partial charge in [-0.15, -0.1) is 0 Å². The van der Waals surface area contributed by atoms with Crippen LogP contribution in [0, 0.1) is 18.3 Å². The van der Waals surface area contributed by atoms with Gasteiger partial charge >= 0.3 is 6.09 Å². The lowest BCUT2D eigenvalue weighted by atomic mass is 10.2. The molecule has 0 fully saturated rings. The standard InChI is InChI=1S/C12H14N2O3/c1-9-4-5-10(11(8-9)16-2)17-12(15)14-7-3-6-13/h4-5,8H,3,7H2,1-2H3,(H,14,15). The molecule has 0 bridgehead atoms. The first kappa shape index (κ1) is 12.8. The predicted octanol–water partition coefficient (Wildman–Crippen LogP) is 2.01. The Hall–Kier alpha value is -2.22. The molecule has 0 atom stereocenters. The Morgan fingerprint density at radius 1 is 1.47 bits per heavy atom. The van der Waals surface area contributed by atoms with Crippen molar-refractivity contribution in [2.24, 2.45) is 0 Å². The minimum atomic E-state index is -0.595. The number of nitrogens with one attached hydrogen (secondary N) is 1. The predicted molar refractivity (Wildman–Crippen MR) is 62.0 cm³/mol. The first-order valence-electron chi connectivity index (χ1n) is 5.14. The van der Waals surface area contributed by atoms with Gasteiger partial charge in [-0.2, -0.15) is 5.26 Å². The van der Waals surface area contributed by atoms with Gasteiger partial charge in [0.2, 0.25) is 0 Å². The topological polar surface area (TPSA) is 71.3 Å². The zero-order valence-electron chi connectivity index (χ0n) is 9.82.